The lowest BCUT2D eigenvalue weighted by atomic mass is 9.41. The zero-order valence-corrected chi connectivity index (χ0v) is 26.5. The Morgan fingerprint density at radius 3 is 2.38 bits per heavy atom. The molecular weight excluding hydrogens is 502 g/mol. The highest BCUT2D eigenvalue weighted by Crippen LogP contribution is 2.89. The van der Waals surface area contributed by atoms with Crippen LogP contribution in [0.25, 0.3) is 0 Å². The van der Waals surface area contributed by atoms with Crippen LogP contribution in [-0.2, 0) is 14.2 Å². The van der Waals surface area contributed by atoms with Crippen LogP contribution < -0.4 is 5.73 Å². The average molecular weight is 562 g/mol. The van der Waals surface area contributed by atoms with E-state index in [0.717, 1.165) is 25.2 Å². The molecular formula is C34H59NO5. The summed E-state index contributed by atoms with van der Waals surface area (Å²) in [7, 11) is 0. The highest BCUT2D eigenvalue weighted by molar-refractivity contribution is 5.31. The first kappa shape index (κ1) is 29.8. The monoisotopic (exact) mass is 561 g/mol. The minimum atomic E-state index is -0.678. The molecule has 0 amide bonds. The molecule has 1 aliphatic heterocycles. The largest absolute Gasteiger partial charge is 0.391 e. The zero-order chi connectivity index (χ0) is 28.9. The van der Waals surface area contributed by atoms with Crippen LogP contribution in [-0.4, -0.2) is 60.2 Å². The van der Waals surface area contributed by atoms with Crippen molar-refractivity contribution in [3.05, 3.63) is 0 Å². The highest BCUT2D eigenvalue weighted by Gasteiger charge is 2.83. The Morgan fingerprint density at radius 1 is 1.00 bits per heavy atom. The third-order valence-corrected chi connectivity index (χ3v) is 14.3. The predicted molar refractivity (Wildman–Crippen MR) is 156 cm³/mol. The van der Waals surface area contributed by atoms with Crippen LogP contribution in [0.3, 0.4) is 0 Å². The molecule has 6 fully saturated rings. The number of hydrogen-bond donors (Lipinski definition) is 3. The van der Waals surface area contributed by atoms with Crippen molar-refractivity contribution in [2.45, 2.75) is 143 Å². The first-order valence-corrected chi connectivity index (χ1v) is 16.6. The molecule has 1 saturated heterocycles. The second kappa shape index (κ2) is 9.63. The van der Waals surface area contributed by atoms with Gasteiger partial charge in [0.05, 0.1) is 37.1 Å². The van der Waals surface area contributed by atoms with Crippen molar-refractivity contribution in [1.29, 1.82) is 0 Å². The van der Waals surface area contributed by atoms with Crippen LogP contribution in [0, 0.1) is 50.7 Å². The van der Waals surface area contributed by atoms with Gasteiger partial charge in [-0.15, -0.1) is 0 Å². The van der Waals surface area contributed by atoms with Gasteiger partial charge in [0, 0.05) is 13.0 Å². The SMILES string of the molecule is C[C@@H]1C[C@H](CC(C)(C)O)O[C@@H]2C[C@@]3(C)[C@@H]4CC[C@H]5C(C)(C)[C@@H](O[C@@H](CO)OCCN)CC[C@@]56C[C@@]46CC[C@]3(C)C12. The van der Waals surface area contributed by atoms with Crippen LogP contribution in [0.2, 0.25) is 0 Å². The molecule has 1 heterocycles. The van der Waals surface area contributed by atoms with Gasteiger partial charge in [-0.25, -0.2) is 0 Å². The van der Waals surface area contributed by atoms with Crippen molar-refractivity contribution in [1.82, 2.24) is 0 Å². The molecule has 6 heteroatoms. The Kier molecular flexibility index (Phi) is 7.18. The maximum absolute atomic E-state index is 10.6. The number of aliphatic hydroxyl groups is 2. The lowest BCUT2D eigenvalue weighted by molar-refractivity contribution is -0.239. The first-order chi connectivity index (χ1) is 18.7. The van der Waals surface area contributed by atoms with Crippen LogP contribution >= 0.6 is 0 Å². The van der Waals surface area contributed by atoms with Gasteiger partial charge in [0.1, 0.15) is 0 Å². The molecule has 0 aromatic heterocycles. The molecule has 230 valence electrons. The quantitative estimate of drug-likeness (QED) is 0.331. The number of ether oxygens (including phenoxy) is 3. The Bertz CT molecular complexity index is 964. The summed E-state index contributed by atoms with van der Waals surface area (Å²) in [6, 6.07) is 0. The van der Waals surface area contributed by atoms with E-state index in [2.05, 4.69) is 34.6 Å². The van der Waals surface area contributed by atoms with Gasteiger partial charge < -0.3 is 30.2 Å². The van der Waals surface area contributed by atoms with Gasteiger partial charge in [0.15, 0.2) is 6.29 Å². The van der Waals surface area contributed by atoms with Crippen LogP contribution in [0.1, 0.15) is 113 Å². The minimum absolute atomic E-state index is 0.0550. The molecule has 1 unspecified atom stereocenters. The summed E-state index contributed by atoms with van der Waals surface area (Å²) < 4.78 is 19.1. The second-order valence-corrected chi connectivity index (χ2v) is 17.0. The van der Waals surface area contributed by atoms with Crippen LogP contribution in [0.5, 0.6) is 0 Å². The van der Waals surface area contributed by atoms with E-state index in [1.807, 2.05) is 13.8 Å². The topological polar surface area (TPSA) is 94.2 Å². The molecule has 5 saturated carbocycles. The lowest BCUT2D eigenvalue weighted by Crippen LogP contribution is -2.58. The smallest absolute Gasteiger partial charge is 0.180 e. The molecule has 0 radical (unpaired) electrons. The number of nitrogens with two attached hydrogens (primary N) is 1. The van der Waals surface area contributed by atoms with Gasteiger partial charge in [-0.05, 0) is 122 Å². The molecule has 0 aromatic carbocycles. The summed E-state index contributed by atoms with van der Waals surface area (Å²) in [5.74, 6) is 2.70. The van der Waals surface area contributed by atoms with Crippen molar-refractivity contribution < 1.29 is 24.4 Å². The zero-order valence-electron chi connectivity index (χ0n) is 26.5. The number of fused-ring (bicyclic) bond motifs is 4. The molecule has 6 aliphatic rings. The molecule has 4 N–H and O–H groups in total. The molecule has 6 nitrogen and oxygen atoms in total. The maximum Gasteiger partial charge on any atom is 0.180 e. The summed E-state index contributed by atoms with van der Waals surface area (Å²) in [5, 5.41) is 20.5. The van der Waals surface area contributed by atoms with Gasteiger partial charge in [-0.2, -0.15) is 0 Å². The van der Waals surface area contributed by atoms with Crippen molar-refractivity contribution in [2.24, 2.45) is 56.5 Å². The maximum atomic E-state index is 10.6. The number of hydrogen-bond acceptors (Lipinski definition) is 6. The Morgan fingerprint density at radius 2 is 1.70 bits per heavy atom. The molecule has 5 aliphatic carbocycles. The van der Waals surface area contributed by atoms with E-state index >= 15 is 0 Å². The Labute approximate surface area is 243 Å². The number of rotatable bonds is 8. The van der Waals surface area contributed by atoms with E-state index in [1.54, 1.807) is 0 Å². The summed E-state index contributed by atoms with van der Waals surface area (Å²) in [6.45, 7) is 17.3. The summed E-state index contributed by atoms with van der Waals surface area (Å²) >= 11 is 0. The molecule has 12 atom stereocenters. The first-order valence-electron chi connectivity index (χ1n) is 16.6. The highest BCUT2D eigenvalue weighted by atomic mass is 16.7. The molecule has 6 rings (SSSR count). The van der Waals surface area contributed by atoms with Crippen LogP contribution in [0.15, 0.2) is 0 Å². The summed E-state index contributed by atoms with van der Waals surface area (Å²) in [4.78, 5) is 0. The standard InChI is InChI=1S/C34H59NO5/c1-21-16-22(17-29(2,3)37)39-23-18-32(7)25-9-8-24-30(4,5)26(40-27(19-36)38-15-14-35)10-11-33(24)20-34(25,33)13-12-31(32,6)28(21)23/h21-28,36-37H,8-20,35H2,1-7H3/t21-,22-,23-,24+,25+,26+,27+,28?,31-,32+,33-,34+/m1/s1. The van der Waals surface area contributed by atoms with Crippen LogP contribution in [0.4, 0.5) is 0 Å². The lowest BCUT2D eigenvalue weighted by Gasteiger charge is -2.63. The second-order valence-electron chi connectivity index (χ2n) is 17.0. The number of aliphatic hydroxyl groups excluding tert-OH is 1. The van der Waals surface area contributed by atoms with Gasteiger partial charge in [0.2, 0.25) is 0 Å². The van der Waals surface area contributed by atoms with E-state index in [1.165, 1.54) is 44.9 Å². The van der Waals surface area contributed by atoms with Gasteiger partial charge in [-0.3, -0.25) is 0 Å². The Balaban J connectivity index is 1.23. The van der Waals surface area contributed by atoms with Gasteiger partial charge >= 0.3 is 0 Å². The van der Waals surface area contributed by atoms with E-state index < -0.39 is 11.9 Å². The third kappa shape index (κ3) is 4.09. The van der Waals surface area contributed by atoms with Crippen molar-refractivity contribution >= 4 is 0 Å². The normalized spacial score (nSPS) is 51.6. The predicted octanol–water partition coefficient (Wildman–Crippen LogP) is 5.67. The molecule has 0 bridgehead atoms. The molecule has 2 spiro atoms. The molecule has 0 aromatic rings. The van der Waals surface area contributed by atoms with E-state index in [4.69, 9.17) is 19.9 Å². The van der Waals surface area contributed by atoms with Crippen molar-refractivity contribution in [3.63, 3.8) is 0 Å². The summed E-state index contributed by atoms with van der Waals surface area (Å²) in [6.07, 6.45) is 12.1. The fraction of sp³-hybridized carbons (Fsp3) is 1.00. The molecule has 40 heavy (non-hydrogen) atoms. The van der Waals surface area contributed by atoms with Crippen molar-refractivity contribution in [2.75, 3.05) is 19.8 Å². The van der Waals surface area contributed by atoms with E-state index in [9.17, 15) is 10.2 Å². The van der Waals surface area contributed by atoms with Crippen molar-refractivity contribution in [3.8, 4) is 0 Å². The minimum Gasteiger partial charge on any atom is -0.391 e. The van der Waals surface area contributed by atoms with Gasteiger partial charge in [-0.1, -0.05) is 34.6 Å². The summed E-state index contributed by atoms with van der Waals surface area (Å²) in [5.41, 5.74) is 6.57. The average Bonchev–Trinajstić information content (AvgIpc) is 3.45. The third-order valence-electron chi connectivity index (χ3n) is 14.3. The van der Waals surface area contributed by atoms with E-state index in [0.29, 0.717) is 58.7 Å². The van der Waals surface area contributed by atoms with E-state index in [-0.39, 0.29) is 24.2 Å². The van der Waals surface area contributed by atoms with Gasteiger partial charge in [0.25, 0.3) is 0 Å². The fourth-order valence-corrected chi connectivity index (χ4v) is 12.9. The fourth-order valence-electron chi connectivity index (χ4n) is 12.9. The Hall–Kier alpha value is -0.240.